The highest BCUT2D eigenvalue weighted by molar-refractivity contribution is 9.10. The number of carbonyl (C=O) groups is 2. The van der Waals surface area contributed by atoms with Gasteiger partial charge in [-0.15, -0.1) is 0 Å². The standard InChI is InChI=1S/C12H10BrNO3/c13-7-3-1-2-4-8(7)14-5-6-9(11(14)15)10(6)12(16)17/h1-4,6,9-10H,5H2,(H,16,17). The van der Waals surface area contributed by atoms with Crippen molar-refractivity contribution in [1.29, 1.82) is 0 Å². The molecule has 1 amide bonds. The molecule has 2 aliphatic rings. The lowest BCUT2D eigenvalue weighted by Crippen LogP contribution is -2.31. The number of aliphatic carboxylic acids is 1. The van der Waals surface area contributed by atoms with Crippen molar-refractivity contribution in [2.45, 2.75) is 0 Å². The van der Waals surface area contributed by atoms with Gasteiger partial charge in [0.2, 0.25) is 5.91 Å². The first-order chi connectivity index (χ1) is 8.11. The molecule has 0 aromatic heterocycles. The summed E-state index contributed by atoms with van der Waals surface area (Å²) in [4.78, 5) is 24.6. The van der Waals surface area contributed by atoms with Gasteiger partial charge in [-0.1, -0.05) is 12.1 Å². The molecular formula is C12H10BrNO3. The van der Waals surface area contributed by atoms with Crippen LogP contribution in [-0.2, 0) is 9.59 Å². The van der Waals surface area contributed by atoms with Crippen molar-refractivity contribution in [3.8, 4) is 0 Å². The molecule has 1 heterocycles. The number of hydrogen-bond donors (Lipinski definition) is 1. The lowest BCUT2D eigenvalue weighted by molar-refractivity contribution is -0.140. The largest absolute Gasteiger partial charge is 0.481 e. The zero-order valence-corrected chi connectivity index (χ0v) is 10.4. The number of benzene rings is 1. The van der Waals surface area contributed by atoms with Gasteiger partial charge in [0.25, 0.3) is 0 Å². The predicted molar refractivity (Wildman–Crippen MR) is 64.6 cm³/mol. The van der Waals surface area contributed by atoms with Gasteiger partial charge in [0.05, 0.1) is 17.5 Å². The first-order valence-corrected chi connectivity index (χ1v) is 6.19. The fraction of sp³-hybridized carbons (Fsp3) is 0.333. The minimum atomic E-state index is -0.847. The molecule has 0 radical (unpaired) electrons. The van der Waals surface area contributed by atoms with E-state index >= 15 is 0 Å². The van der Waals surface area contributed by atoms with Crippen molar-refractivity contribution in [3.63, 3.8) is 0 Å². The number of carboxylic acids is 1. The molecule has 2 fully saturated rings. The van der Waals surface area contributed by atoms with E-state index in [2.05, 4.69) is 15.9 Å². The SMILES string of the molecule is O=C(O)C1C2CN(c3ccccc3Br)C(=O)C21. The zero-order valence-electron chi connectivity index (χ0n) is 8.84. The molecule has 1 N–H and O–H groups in total. The summed E-state index contributed by atoms with van der Waals surface area (Å²) in [6, 6.07) is 7.49. The number of carboxylic acid groups (broad SMARTS) is 1. The monoisotopic (exact) mass is 295 g/mol. The van der Waals surface area contributed by atoms with Crippen molar-refractivity contribution in [1.82, 2.24) is 0 Å². The normalized spacial score (nSPS) is 30.3. The third kappa shape index (κ3) is 1.49. The third-order valence-corrected chi connectivity index (χ3v) is 4.21. The van der Waals surface area contributed by atoms with E-state index in [0.29, 0.717) is 6.54 Å². The molecule has 1 saturated carbocycles. The molecule has 1 aliphatic carbocycles. The van der Waals surface area contributed by atoms with Crippen LogP contribution in [0.25, 0.3) is 0 Å². The second-order valence-electron chi connectivity index (χ2n) is 4.45. The molecule has 3 unspecified atom stereocenters. The van der Waals surface area contributed by atoms with Crippen LogP contribution in [0.4, 0.5) is 5.69 Å². The van der Waals surface area contributed by atoms with Gasteiger partial charge < -0.3 is 10.0 Å². The summed E-state index contributed by atoms with van der Waals surface area (Å²) in [5, 5.41) is 8.91. The van der Waals surface area contributed by atoms with Gasteiger partial charge in [-0.2, -0.15) is 0 Å². The molecule has 1 aromatic rings. The van der Waals surface area contributed by atoms with E-state index in [1.54, 1.807) is 4.90 Å². The van der Waals surface area contributed by atoms with Crippen molar-refractivity contribution in [3.05, 3.63) is 28.7 Å². The average Bonchev–Trinajstić information content (AvgIpc) is 2.92. The maximum atomic E-state index is 12.1. The van der Waals surface area contributed by atoms with Gasteiger partial charge in [0.1, 0.15) is 0 Å². The molecule has 17 heavy (non-hydrogen) atoms. The van der Waals surface area contributed by atoms with E-state index < -0.39 is 11.9 Å². The van der Waals surface area contributed by atoms with Crippen LogP contribution in [0.3, 0.4) is 0 Å². The van der Waals surface area contributed by atoms with Crippen molar-refractivity contribution in [2.75, 3.05) is 11.4 Å². The van der Waals surface area contributed by atoms with E-state index in [0.717, 1.165) is 10.2 Å². The number of hydrogen-bond acceptors (Lipinski definition) is 2. The quantitative estimate of drug-likeness (QED) is 0.904. The molecular weight excluding hydrogens is 286 g/mol. The first kappa shape index (κ1) is 10.8. The number of amides is 1. The van der Waals surface area contributed by atoms with E-state index in [1.165, 1.54) is 0 Å². The minimum absolute atomic E-state index is 0.00731. The Hall–Kier alpha value is -1.36. The fourth-order valence-corrected chi connectivity index (χ4v) is 3.14. The van der Waals surface area contributed by atoms with E-state index in [9.17, 15) is 9.59 Å². The van der Waals surface area contributed by atoms with Crippen LogP contribution in [0, 0.1) is 17.8 Å². The molecule has 4 nitrogen and oxygen atoms in total. The van der Waals surface area contributed by atoms with Crippen LogP contribution in [0.2, 0.25) is 0 Å². The maximum absolute atomic E-state index is 12.1. The molecule has 88 valence electrons. The Labute approximate surface area is 106 Å². The highest BCUT2D eigenvalue weighted by Crippen LogP contribution is 2.54. The van der Waals surface area contributed by atoms with Crippen LogP contribution in [0.15, 0.2) is 28.7 Å². The van der Waals surface area contributed by atoms with Gasteiger partial charge in [0, 0.05) is 16.9 Å². The number of carbonyl (C=O) groups excluding carboxylic acids is 1. The fourth-order valence-electron chi connectivity index (χ4n) is 2.64. The molecule has 1 aromatic carbocycles. The Kier molecular flexibility index (Phi) is 2.26. The first-order valence-electron chi connectivity index (χ1n) is 5.40. The number of halogens is 1. The number of fused-ring (bicyclic) bond motifs is 1. The van der Waals surface area contributed by atoms with Gasteiger partial charge in [0.15, 0.2) is 0 Å². The number of nitrogens with zero attached hydrogens (tertiary/aromatic N) is 1. The molecule has 0 spiro atoms. The molecule has 3 atom stereocenters. The smallest absolute Gasteiger partial charge is 0.307 e. The average molecular weight is 296 g/mol. The predicted octanol–water partition coefficient (Wildman–Crippen LogP) is 1.74. The highest BCUT2D eigenvalue weighted by Gasteiger charge is 2.65. The molecule has 3 rings (SSSR count). The molecule has 1 saturated heterocycles. The van der Waals surface area contributed by atoms with Gasteiger partial charge in [-0.25, -0.2) is 0 Å². The van der Waals surface area contributed by atoms with E-state index in [-0.39, 0.29) is 17.7 Å². The van der Waals surface area contributed by atoms with E-state index in [1.807, 2.05) is 24.3 Å². The zero-order chi connectivity index (χ0) is 12.2. The second-order valence-corrected chi connectivity index (χ2v) is 5.31. The summed E-state index contributed by atoms with van der Waals surface area (Å²) in [7, 11) is 0. The Morgan fingerprint density at radius 1 is 1.41 bits per heavy atom. The van der Waals surface area contributed by atoms with Crippen molar-refractivity contribution in [2.24, 2.45) is 17.8 Å². The highest BCUT2D eigenvalue weighted by atomic mass is 79.9. The van der Waals surface area contributed by atoms with Crippen LogP contribution in [0.5, 0.6) is 0 Å². The summed E-state index contributed by atoms with van der Waals surface area (Å²) in [6.45, 7) is 0.517. The van der Waals surface area contributed by atoms with Crippen LogP contribution in [0.1, 0.15) is 0 Å². The Balaban J connectivity index is 1.85. The van der Waals surface area contributed by atoms with Crippen molar-refractivity contribution < 1.29 is 14.7 Å². The van der Waals surface area contributed by atoms with Crippen molar-refractivity contribution >= 4 is 33.5 Å². The molecule has 1 aliphatic heterocycles. The lowest BCUT2D eigenvalue weighted by Gasteiger charge is -2.20. The summed E-state index contributed by atoms with van der Waals surface area (Å²) in [6.07, 6.45) is 0. The number of rotatable bonds is 2. The number of para-hydroxylation sites is 1. The van der Waals surface area contributed by atoms with E-state index in [4.69, 9.17) is 5.11 Å². The van der Waals surface area contributed by atoms with Crippen LogP contribution in [-0.4, -0.2) is 23.5 Å². The molecule has 0 bridgehead atoms. The Morgan fingerprint density at radius 3 is 2.65 bits per heavy atom. The van der Waals surface area contributed by atoms with Gasteiger partial charge >= 0.3 is 5.97 Å². The second kappa shape index (κ2) is 3.57. The van der Waals surface area contributed by atoms with Crippen LogP contribution < -0.4 is 4.90 Å². The molecule has 5 heteroatoms. The summed E-state index contributed by atoms with van der Waals surface area (Å²) in [5.41, 5.74) is 0.828. The Bertz CT molecular complexity index is 516. The summed E-state index contributed by atoms with van der Waals surface area (Å²) in [5.74, 6) is -1.68. The van der Waals surface area contributed by atoms with Gasteiger partial charge in [-0.3, -0.25) is 9.59 Å². The summed E-state index contributed by atoms with van der Waals surface area (Å²) < 4.78 is 0.863. The Morgan fingerprint density at radius 2 is 2.12 bits per heavy atom. The number of anilines is 1. The lowest BCUT2D eigenvalue weighted by atomic mass is 10.2. The van der Waals surface area contributed by atoms with Crippen LogP contribution >= 0.6 is 15.9 Å². The third-order valence-electron chi connectivity index (χ3n) is 3.54. The van der Waals surface area contributed by atoms with Gasteiger partial charge in [-0.05, 0) is 28.1 Å². The summed E-state index contributed by atoms with van der Waals surface area (Å²) >= 11 is 3.40. The number of piperidine rings is 1. The maximum Gasteiger partial charge on any atom is 0.307 e. The topological polar surface area (TPSA) is 57.6 Å². The minimum Gasteiger partial charge on any atom is -0.481 e.